The minimum Gasteiger partial charge on any atom is -0.394 e. The average molecular weight is 548 g/mol. The number of rotatable bonds is 6. The molecule has 0 radical (unpaired) electrons. The highest BCUT2D eigenvalue weighted by Crippen LogP contribution is 2.31. The second kappa shape index (κ2) is 12.1. The Balaban J connectivity index is 1.74. The van der Waals surface area contributed by atoms with Crippen LogP contribution in [0.1, 0.15) is 35.3 Å². The van der Waals surface area contributed by atoms with Crippen molar-refractivity contribution in [2.75, 3.05) is 26.7 Å². The number of aliphatic hydroxyl groups excluding tert-OH is 1. The molecule has 4 rings (SSSR count). The van der Waals surface area contributed by atoms with Crippen molar-refractivity contribution in [2.24, 2.45) is 5.92 Å². The molecule has 0 saturated carbocycles. The SMILES string of the molecule is C[C@@H]1CN([C@@H](C)CO)C(=O)c2ccccc2-c2ccccc2CO[C@@H]1CN(C)S(=O)(=O)c1ccccc1C#N. The fourth-order valence-electron chi connectivity index (χ4n) is 4.85. The molecular weight excluding hydrogens is 514 g/mol. The van der Waals surface area contributed by atoms with Crippen LogP contribution < -0.4 is 0 Å². The summed E-state index contributed by atoms with van der Waals surface area (Å²) in [5.74, 6) is -0.498. The van der Waals surface area contributed by atoms with Crippen LogP contribution in [-0.4, -0.2) is 67.5 Å². The molecule has 1 heterocycles. The first-order valence-corrected chi connectivity index (χ1v) is 14.3. The van der Waals surface area contributed by atoms with Gasteiger partial charge in [-0.3, -0.25) is 4.79 Å². The van der Waals surface area contributed by atoms with Crippen molar-refractivity contribution in [1.29, 1.82) is 5.26 Å². The predicted octanol–water partition coefficient (Wildman–Crippen LogP) is 3.90. The molecule has 0 aliphatic carbocycles. The number of sulfonamides is 1. The van der Waals surface area contributed by atoms with Gasteiger partial charge in [0, 0.05) is 31.6 Å². The Kier molecular flexibility index (Phi) is 8.83. The van der Waals surface area contributed by atoms with Crippen LogP contribution in [0.5, 0.6) is 0 Å². The van der Waals surface area contributed by atoms with E-state index in [1.165, 1.54) is 23.5 Å². The Morgan fingerprint density at radius 1 is 1.05 bits per heavy atom. The number of nitrogens with zero attached hydrogens (tertiary/aromatic N) is 3. The lowest BCUT2D eigenvalue weighted by molar-refractivity contribution is -0.0146. The molecule has 1 N–H and O–H groups in total. The fraction of sp³-hybridized carbons (Fsp3) is 0.333. The van der Waals surface area contributed by atoms with Crippen LogP contribution in [0, 0.1) is 17.2 Å². The van der Waals surface area contributed by atoms with Crippen LogP contribution in [0.25, 0.3) is 11.1 Å². The van der Waals surface area contributed by atoms with Gasteiger partial charge in [0.2, 0.25) is 10.0 Å². The number of hydrogen-bond donors (Lipinski definition) is 1. The number of ether oxygens (including phenoxy) is 1. The van der Waals surface area contributed by atoms with Gasteiger partial charge in [0.25, 0.3) is 5.91 Å². The Bertz CT molecular complexity index is 1480. The van der Waals surface area contributed by atoms with Crippen molar-refractivity contribution < 1.29 is 23.1 Å². The summed E-state index contributed by atoms with van der Waals surface area (Å²) < 4.78 is 34.5. The first kappa shape index (κ1) is 28.5. The van der Waals surface area contributed by atoms with Crippen molar-refractivity contribution >= 4 is 15.9 Å². The zero-order valence-corrected chi connectivity index (χ0v) is 23.1. The Labute approximate surface area is 230 Å². The molecule has 204 valence electrons. The van der Waals surface area contributed by atoms with E-state index in [4.69, 9.17) is 4.74 Å². The Morgan fingerprint density at radius 2 is 1.67 bits per heavy atom. The molecule has 0 saturated heterocycles. The van der Waals surface area contributed by atoms with Gasteiger partial charge in [-0.2, -0.15) is 9.57 Å². The molecule has 1 aliphatic rings. The number of benzene rings is 3. The Morgan fingerprint density at radius 3 is 2.36 bits per heavy atom. The quantitative estimate of drug-likeness (QED) is 0.501. The molecule has 3 aromatic rings. The maximum Gasteiger partial charge on any atom is 0.254 e. The maximum atomic E-state index is 13.9. The van der Waals surface area contributed by atoms with E-state index < -0.39 is 22.2 Å². The van der Waals surface area contributed by atoms with Crippen molar-refractivity contribution in [3.05, 3.63) is 89.5 Å². The summed E-state index contributed by atoms with van der Waals surface area (Å²) in [5, 5.41) is 19.5. The van der Waals surface area contributed by atoms with E-state index in [1.807, 2.05) is 55.5 Å². The molecule has 0 unspecified atom stereocenters. The van der Waals surface area contributed by atoms with Crippen molar-refractivity contribution in [1.82, 2.24) is 9.21 Å². The van der Waals surface area contributed by atoms with Crippen LogP contribution in [0.3, 0.4) is 0 Å². The van der Waals surface area contributed by atoms with Gasteiger partial charge in [-0.25, -0.2) is 8.42 Å². The number of hydrogen-bond acceptors (Lipinski definition) is 6. The second-order valence-corrected chi connectivity index (χ2v) is 11.9. The number of carbonyl (C=O) groups is 1. The average Bonchev–Trinajstić information content (AvgIpc) is 2.98. The molecule has 0 spiro atoms. The third-order valence-electron chi connectivity index (χ3n) is 7.23. The number of fused-ring (bicyclic) bond motifs is 3. The minimum atomic E-state index is -3.99. The molecule has 0 aromatic heterocycles. The molecule has 9 heteroatoms. The van der Waals surface area contributed by atoms with E-state index in [-0.39, 0.29) is 48.6 Å². The number of aliphatic hydroxyl groups is 1. The largest absolute Gasteiger partial charge is 0.394 e. The third-order valence-corrected chi connectivity index (χ3v) is 9.11. The summed E-state index contributed by atoms with van der Waals surface area (Å²) in [6.45, 7) is 3.95. The highest BCUT2D eigenvalue weighted by Gasteiger charge is 2.33. The molecule has 39 heavy (non-hydrogen) atoms. The normalized spacial score (nSPS) is 19.0. The number of nitriles is 1. The van der Waals surface area contributed by atoms with Crippen molar-refractivity contribution in [3.63, 3.8) is 0 Å². The summed E-state index contributed by atoms with van der Waals surface area (Å²) in [7, 11) is -2.52. The van der Waals surface area contributed by atoms with Crippen LogP contribution in [-0.2, 0) is 21.4 Å². The lowest BCUT2D eigenvalue weighted by atomic mass is 9.94. The molecule has 0 bridgehead atoms. The van der Waals surface area contributed by atoms with Crippen LogP contribution in [0.15, 0.2) is 77.7 Å². The van der Waals surface area contributed by atoms with Gasteiger partial charge in [-0.05, 0) is 41.8 Å². The summed E-state index contributed by atoms with van der Waals surface area (Å²) in [5.41, 5.74) is 3.11. The van der Waals surface area contributed by atoms with Gasteiger partial charge in [0.1, 0.15) is 6.07 Å². The van der Waals surface area contributed by atoms with E-state index in [0.29, 0.717) is 5.56 Å². The number of carbonyl (C=O) groups excluding carboxylic acids is 1. The first-order valence-electron chi connectivity index (χ1n) is 12.8. The van der Waals surface area contributed by atoms with Crippen LogP contribution >= 0.6 is 0 Å². The zero-order chi connectivity index (χ0) is 28.2. The number of likely N-dealkylation sites (N-methyl/N-ethyl adjacent to an activating group) is 1. The van der Waals surface area contributed by atoms with Crippen molar-refractivity contribution in [3.8, 4) is 17.2 Å². The molecule has 3 atom stereocenters. The molecule has 0 fully saturated rings. The summed E-state index contributed by atoms with van der Waals surface area (Å²) >= 11 is 0. The van der Waals surface area contributed by atoms with Gasteiger partial charge in [-0.15, -0.1) is 0 Å². The predicted molar refractivity (Wildman–Crippen MR) is 148 cm³/mol. The van der Waals surface area contributed by atoms with Gasteiger partial charge < -0.3 is 14.7 Å². The second-order valence-electron chi connectivity index (χ2n) is 9.91. The van der Waals surface area contributed by atoms with Crippen LogP contribution in [0.4, 0.5) is 0 Å². The van der Waals surface area contributed by atoms with E-state index in [1.54, 1.807) is 30.0 Å². The van der Waals surface area contributed by atoms with E-state index in [2.05, 4.69) is 0 Å². The van der Waals surface area contributed by atoms with Gasteiger partial charge >= 0.3 is 0 Å². The lowest BCUT2D eigenvalue weighted by Crippen LogP contribution is -2.47. The summed E-state index contributed by atoms with van der Waals surface area (Å²) in [6.07, 6.45) is -0.588. The van der Waals surface area contributed by atoms with E-state index in [9.17, 15) is 23.6 Å². The van der Waals surface area contributed by atoms with E-state index >= 15 is 0 Å². The summed E-state index contributed by atoms with van der Waals surface area (Å²) in [4.78, 5) is 15.5. The lowest BCUT2D eigenvalue weighted by Gasteiger charge is -2.35. The highest BCUT2D eigenvalue weighted by atomic mass is 32.2. The Hall–Kier alpha value is -3.55. The standard InChI is InChI=1S/C30H33N3O5S/c1-21-17-33(22(2)19-34)30(35)27-14-8-7-13-26(27)25-12-6-4-11-24(25)20-38-28(21)18-32(3)39(36,37)29-15-9-5-10-23(29)16-31/h4-15,21-22,28,34H,17-20H2,1-3H3/t21-,22+,28-/m1/s1. The summed E-state index contributed by atoms with van der Waals surface area (Å²) in [6, 6.07) is 22.7. The topological polar surface area (TPSA) is 111 Å². The van der Waals surface area contributed by atoms with Gasteiger partial charge in [0.05, 0.1) is 35.8 Å². The van der Waals surface area contributed by atoms with Crippen molar-refractivity contribution in [2.45, 2.75) is 37.5 Å². The fourth-order valence-corrected chi connectivity index (χ4v) is 6.18. The van der Waals surface area contributed by atoms with E-state index in [0.717, 1.165) is 16.7 Å². The van der Waals surface area contributed by atoms with Gasteiger partial charge in [0.15, 0.2) is 0 Å². The minimum absolute atomic E-state index is 0.00785. The zero-order valence-electron chi connectivity index (χ0n) is 22.3. The van der Waals surface area contributed by atoms with Gasteiger partial charge in [-0.1, -0.05) is 61.5 Å². The monoisotopic (exact) mass is 547 g/mol. The molecule has 8 nitrogen and oxygen atoms in total. The number of amides is 1. The van der Waals surface area contributed by atoms with Crippen LogP contribution in [0.2, 0.25) is 0 Å². The molecular formula is C30H33N3O5S. The maximum absolute atomic E-state index is 13.9. The molecule has 1 amide bonds. The highest BCUT2D eigenvalue weighted by molar-refractivity contribution is 7.89. The molecule has 3 aromatic carbocycles. The third kappa shape index (κ3) is 5.89. The molecule has 1 aliphatic heterocycles. The first-order chi connectivity index (χ1) is 18.7. The smallest absolute Gasteiger partial charge is 0.254 e.